The van der Waals surface area contributed by atoms with Crippen LogP contribution in [-0.2, 0) is 0 Å². The van der Waals surface area contributed by atoms with Crippen LogP contribution in [0.2, 0.25) is 0 Å². The molecule has 0 saturated carbocycles. The van der Waals surface area contributed by atoms with Crippen molar-refractivity contribution in [2.24, 2.45) is 0 Å². The van der Waals surface area contributed by atoms with Crippen molar-refractivity contribution in [3.63, 3.8) is 0 Å². The number of aromatic nitrogens is 2. The van der Waals surface area contributed by atoms with Gasteiger partial charge < -0.3 is 4.90 Å². The van der Waals surface area contributed by atoms with Crippen molar-refractivity contribution >= 4 is 17.4 Å². The topological polar surface area (TPSA) is 46.1 Å². The Labute approximate surface area is 129 Å². The Morgan fingerprint density at radius 3 is 3.00 bits per heavy atom. The molecule has 1 saturated heterocycles. The smallest absolute Gasteiger partial charge is 0.275 e. The van der Waals surface area contributed by atoms with Crippen LogP contribution in [0, 0.1) is 6.92 Å². The first kappa shape index (κ1) is 14.2. The summed E-state index contributed by atoms with van der Waals surface area (Å²) in [6.45, 7) is 2.89. The molecular weight excluding hydrogens is 282 g/mol. The van der Waals surface area contributed by atoms with Gasteiger partial charge in [-0.3, -0.25) is 4.79 Å². The summed E-state index contributed by atoms with van der Waals surface area (Å²) in [5.41, 5.74) is 2.94. The molecule has 0 bridgehead atoms. The largest absolute Gasteiger partial charge is 0.330 e. The van der Waals surface area contributed by atoms with Gasteiger partial charge in [-0.15, -0.1) is 5.10 Å². The van der Waals surface area contributed by atoms with Crippen molar-refractivity contribution in [2.45, 2.75) is 38.6 Å². The van der Waals surface area contributed by atoms with Crippen LogP contribution >= 0.6 is 11.5 Å². The van der Waals surface area contributed by atoms with E-state index in [9.17, 15) is 4.79 Å². The molecule has 1 fully saturated rings. The van der Waals surface area contributed by atoms with E-state index in [0.717, 1.165) is 25.8 Å². The molecular formula is C16H19N3OS. The summed E-state index contributed by atoms with van der Waals surface area (Å²) in [5, 5.41) is 5.68. The van der Waals surface area contributed by atoms with Gasteiger partial charge in [0.1, 0.15) is 0 Å². The van der Waals surface area contributed by atoms with E-state index in [-0.39, 0.29) is 11.9 Å². The van der Waals surface area contributed by atoms with Crippen molar-refractivity contribution in [1.29, 1.82) is 0 Å². The molecule has 0 spiro atoms. The first-order chi connectivity index (χ1) is 10.3. The molecule has 0 aliphatic carbocycles. The molecule has 21 heavy (non-hydrogen) atoms. The number of carbonyl (C=O) groups is 1. The highest BCUT2D eigenvalue weighted by Gasteiger charge is 2.28. The highest BCUT2D eigenvalue weighted by Crippen LogP contribution is 2.31. The fourth-order valence-electron chi connectivity index (χ4n) is 2.98. The van der Waals surface area contributed by atoms with Crippen LogP contribution in [0.3, 0.4) is 0 Å². The van der Waals surface area contributed by atoms with E-state index in [1.54, 1.807) is 5.38 Å². The predicted octanol–water partition coefficient (Wildman–Crippen LogP) is 3.60. The minimum atomic E-state index is 0.0113. The molecule has 3 rings (SSSR count). The van der Waals surface area contributed by atoms with Gasteiger partial charge in [-0.1, -0.05) is 47.2 Å². The molecule has 0 radical (unpaired) electrons. The van der Waals surface area contributed by atoms with Gasteiger partial charge in [0.25, 0.3) is 5.91 Å². The van der Waals surface area contributed by atoms with Gasteiger partial charge in [0.15, 0.2) is 5.69 Å². The fourth-order valence-corrected chi connectivity index (χ4v) is 3.41. The molecule has 1 aliphatic rings. The van der Waals surface area contributed by atoms with Gasteiger partial charge >= 0.3 is 0 Å². The quantitative estimate of drug-likeness (QED) is 0.851. The number of carbonyl (C=O) groups excluding carboxylic acids is 1. The monoisotopic (exact) mass is 301 g/mol. The van der Waals surface area contributed by atoms with Crippen molar-refractivity contribution in [3.8, 4) is 0 Å². The van der Waals surface area contributed by atoms with Crippen LogP contribution in [0.1, 0.15) is 53.3 Å². The summed E-state index contributed by atoms with van der Waals surface area (Å²) in [6, 6.07) is 8.64. The van der Waals surface area contributed by atoms with Gasteiger partial charge in [-0.25, -0.2) is 0 Å². The Morgan fingerprint density at radius 1 is 1.33 bits per heavy atom. The van der Waals surface area contributed by atoms with Crippen molar-refractivity contribution < 1.29 is 4.79 Å². The zero-order chi connectivity index (χ0) is 14.7. The number of nitrogens with zero attached hydrogens (tertiary/aromatic N) is 3. The normalized spacial score (nSPS) is 19.3. The van der Waals surface area contributed by atoms with E-state index in [2.05, 4.69) is 40.8 Å². The lowest BCUT2D eigenvalue weighted by atomic mass is 9.99. The van der Waals surface area contributed by atoms with E-state index in [1.807, 2.05) is 4.90 Å². The highest BCUT2D eigenvalue weighted by atomic mass is 32.1. The number of aryl methyl sites for hydroxylation is 1. The molecule has 1 atom stereocenters. The molecule has 110 valence electrons. The summed E-state index contributed by atoms with van der Waals surface area (Å²) < 4.78 is 3.82. The Balaban J connectivity index is 1.92. The molecule has 1 amide bonds. The van der Waals surface area contributed by atoms with Gasteiger partial charge in [0, 0.05) is 11.9 Å². The molecule has 5 heteroatoms. The molecule has 4 nitrogen and oxygen atoms in total. The Hall–Kier alpha value is -1.75. The third-order valence-electron chi connectivity index (χ3n) is 4.02. The molecule has 1 aliphatic heterocycles. The van der Waals surface area contributed by atoms with Crippen LogP contribution in [0.15, 0.2) is 29.6 Å². The Kier molecular flexibility index (Phi) is 4.29. The lowest BCUT2D eigenvalue weighted by Gasteiger charge is -2.30. The Bertz CT molecular complexity index is 612. The average molecular weight is 301 g/mol. The van der Waals surface area contributed by atoms with Gasteiger partial charge in [-0.05, 0) is 36.9 Å². The number of rotatable bonds is 2. The minimum Gasteiger partial charge on any atom is -0.330 e. The predicted molar refractivity (Wildman–Crippen MR) is 83.3 cm³/mol. The maximum Gasteiger partial charge on any atom is 0.275 e. The van der Waals surface area contributed by atoms with Crippen LogP contribution in [0.25, 0.3) is 0 Å². The fraction of sp³-hybridized carbons (Fsp3) is 0.438. The van der Waals surface area contributed by atoms with E-state index in [4.69, 9.17) is 0 Å². The first-order valence-corrected chi connectivity index (χ1v) is 8.24. The number of benzene rings is 1. The average Bonchev–Trinajstić information content (AvgIpc) is 2.91. The lowest BCUT2D eigenvalue weighted by molar-refractivity contribution is 0.0674. The van der Waals surface area contributed by atoms with Crippen LogP contribution < -0.4 is 0 Å². The molecule has 0 unspecified atom stereocenters. The minimum absolute atomic E-state index is 0.0113. The van der Waals surface area contributed by atoms with Gasteiger partial charge in [0.2, 0.25) is 0 Å². The molecule has 2 aromatic rings. The number of hydrogen-bond donors (Lipinski definition) is 0. The molecule has 2 heterocycles. The summed E-state index contributed by atoms with van der Waals surface area (Å²) in [4.78, 5) is 14.7. The maximum absolute atomic E-state index is 12.7. The summed E-state index contributed by atoms with van der Waals surface area (Å²) in [7, 11) is 0. The van der Waals surface area contributed by atoms with Crippen molar-refractivity contribution in [1.82, 2.24) is 14.5 Å². The van der Waals surface area contributed by atoms with E-state index >= 15 is 0 Å². The van der Waals surface area contributed by atoms with Crippen molar-refractivity contribution in [2.75, 3.05) is 6.54 Å². The van der Waals surface area contributed by atoms with E-state index in [1.165, 1.54) is 29.1 Å². The van der Waals surface area contributed by atoms with E-state index in [0.29, 0.717) is 5.69 Å². The molecule has 0 N–H and O–H groups in total. The summed E-state index contributed by atoms with van der Waals surface area (Å²) in [6.07, 6.45) is 4.43. The zero-order valence-electron chi connectivity index (χ0n) is 12.2. The number of likely N-dealkylation sites (tertiary alicyclic amines) is 1. The number of amides is 1. The molecule has 1 aromatic carbocycles. The van der Waals surface area contributed by atoms with Gasteiger partial charge in [0.05, 0.1) is 6.04 Å². The third-order valence-corrected chi connectivity index (χ3v) is 4.52. The van der Waals surface area contributed by atoms with Crippen LogP contribution in [0.4, 0.5) is 0 Å². The standard InChI is InChI=1S/C16H19N3OS/c1-12-6-5-7-13(10-12)15-8-3-2-4-9-19(15)16(20)14-11-21-18-17-14/h5-7,10-11,15H,2-4,8-9H2,1H3/t15-/m1/s1. The summed E-state index contributed by atoms with van der Waals surface area (Å²) in [5.74, 6) is 0.0113. The lowest BCUT2D eigenvalue weighted by Crippen LogP contribution is -2.35. The van der Waals surface area contributed by atoms with Crippen LogP contribution in [0.5, 0.6) is 0 Å². The molecule has 1 aromatic heterocycles. The van der Waals surface area contributed by atoms with Crippen molar-refractivity contribution in [3.05, 3.63) is 46.5 Å². The second-order valence-electron chi connectivity index (χ2n) is 5.57. The van der Waals surface area contributed by atoms with Gasteiger partial charge in [-0.2, -0.15) is 0 Å². The third kappa shape index (κ3) is 3.13. The highest BCUT2D eigenvalue weighted by molar-refractivity contribution is 7.03. The SMILES string of the molecule is Cc1cccc([C@H]2CCCCCN2C(=O)c2csnn2)c1. The second-order valence-corrected chi connectivity index (χ2v) is 6.18. The Morgan fingerprint density at radius 2 is 2.24 bits per heavy atom. The second kappa shape index (κ2) is 6.35. The zero-order valence-corrected chi connectivity index (χ0v) is 13.0. The maximum atomic E-state index is 12.7. The number of hydrogen-bond acceptors (Lipinski definition) is 4. The van der Waals surface area contributed by atoms with Crippen LogP contribution in [-0.4, -0.2) is 26.9 Å². The first-order valence-electron chi connectivity index (χ1n) is 7.40. The summed E-state index contributed by atoms with van der Waals surface area (Å²) >= 11 is 1.23. The van der Waals surface area contributed by atoms with E-state index < -0.39 is 0 Å².